The molecule has 134 valence electrons. The molecule has 2 heterocycles. The molecule has 6 nitrogen and oxygen atoms in total. The summed E-state index contributed by atoms with van der Waals surface area (Å²) in [5.74, 6) is -3.00. The average molecular weight is 353 g/mol. The van der Waals surface area contributed by atoms with Crippen molar-refractivity contribution in [3.8, 4) is 0 Å². The fraction of sp³-hybridized carbons (Fsp3) is 0.375. The topological polar surface area (TPSA) is 90.2 Å². The van der Waals surface area contributed by atoms with Crippen LogP contribution in [-0.4, -0.2) is 26.6 Å². The Balaban J connectivity index is 1.61. The number of hydrogen-bond donors (Lipinski definition) is 2. The van der Waals surface area contributed by atoms with Crippen LogP contribution in [0.3, 0.4) is 0 Å². The van der Waals surface area contributed by atoms with Crippen molar-refractivity contribution in [3.63, 3.8) is 0 Å². The van der Waals surface area contributed by atoms with Crippen LogP contribution in [0.15, 0.2) is 12.1 Å². The van der Waals surface area contributed by atoms with Gasteiger partial charge in [-0.1, -0.05) is 0 Å². The van der Waals surface area contributed by atoms with E-state index in [2.05, 4.69) is 5.10 Å². The summed E-state index contributed by atoms with van der Waals surface area (Å²) in [6.45, 7) is 0.686. The Labute approximate surface area is 142 Å². The molecule has 9 heteroatoms. The molecule has 1 amide bonds. The quantitative estimate of drug-likeness (QED) is 0.809. The van der Waals surface area contributed by atoms with Crippen molar-refractivity contribution in [2.24, 2.45) is 12.8 Å². The molecule has 0 fully saturated rings. The highest BCUT2D eigenvalue weighted by Crippen LogP contribution is 2.27. The van der Waals surface area contributed by atoms with Crippen molar-refractivity contribution >= 4 is 11.7 Å². The molecule has 0 radical (unpaired) electrons. The highest BCUT2D eigenvalue weighted by atomic mass is 19.2. The third kappa shape index (κ3) is 3.32. The van der Waals surface area contributed by atoms with Gasteiger partial charge < -0.3 is 16.4 Å². The number of fused-ring (bicyclic) bond motifs is 1. The smallest absolute Gasteiger partial charge is 0.224 e. The third-order valence-corrected chi connectivity index (χ3v) is 4.33. The van der Waals surface area contributed by atoms with Crippen LogP contribution in [0, 0.1) is 17.5 Å². The van der Waals surface area contributed by atoms with Gasteiger partial charge >= 0.3 is 0 Å². The number of benzene rings is 1. The summed E-state index contributed by atoms with van der Waals surface area (Å²) < 4.78 is 41.4. The molecule has 0 spiro atoms. The lowest BCUT2D eigenvalue weighted by atomic mass is 10.0. The first-order valence-corrected chi connectivity index (χ1v) is 7.73. The van der Waals surface area contributed by atoms with Gasteiger partial charge in [0.05, 0.1) is 18.8 Å². The van der Waals surface area contributed by atoms with Crippen LogP contribution in [0.1, 0.15) is 23.2 Å². The monoisotopic (exact) mass is 353 g/mol. The second-order valence-electron chi connectivity index (χ2n) is 6.21. The fourth-order valence-corrected chi connectivity index (χ4v) is 2.97. The summed E-state index contributed by atoms with van der Waals surface area (Å²) in [7, 11) is 1.73. The predicted octanol–water partition coefficient (Wildman–Crippen LogP) is 1.22. The highest BCUT2D eigenvalue weighted by molar-refractivity contribution is 5.78. The summed E-state index contributed by atoms with van der Waals surface area (Å²) in [6.07, 6.45) is -0.119. The van der Waals surface area contributed by atoms with Gasteiger partial charge in [0.25, 0.3) is 0 Å². The van der Waals surface area contributed by atoms with E-state index in [0.29, 0.717) is 25.0 Å². The number of rotatable bonds is 4. The number of hydrogen-bond acceptors (Lipinski definition) is 4. The first-order valence-electron chi connectivity index (χ1n) is 7.73. The second-order valence-corrected chi connectivity index (χ2v) is 6.21. The van der Waals surface area contributed by atoms with Gasteiger partial charge in [0.15, 0.2) is 11.6 Å². The van der Waals surface area contributed by atoms with Crippen molar-refractivity contribution in [3.05, 3.63) is 46.4 Å². The maximum Gasteiger partial charge on any atom is 0.224 e. The minimum atomic E-state index is -1.26. The maximum atomic E-state index is 13.7. The zero-order valence-electron chi connectivity index (χ0n) is 13.6. The van der Waals surface area contributed by atoms with E-state index in [9.17, 15) is 18.0 Å². The van der Waals surface area contributed by atoms with E-state index in [-0.39, 0.29) is 24.3 Å². The molecule has 0 unspecified atom stereocenters. The lowest BCUT2D eigenvalue weighted by Crippen LogP contribution is -2.34. The molecular weight excluding hydrogens is 335 g/mol. The number of halogens is 3. The van der Waals surface area contributed by atoms with Gasteiger partial charge in [-0.15, -0.1) is 0 Å². The minimum absolute atomic E-state index is 0.0469. The zero-order valence-corrected chi connectivity index (χ0v) is 13.6. The molecule has 0 bridgehead atoms. The van der Waals surface area contributed by atoms with E-state index >= 15 is 0 Å². The molecule has 1 aliphatic rings. The molecule has 25 heavy (non-hydrogen) atoms. The molecular formula is C16H18F3N5O. The first kappa shape index (κ1) is 17.3. The number of nitrogens with two attached hydrogens (primary N) is 2. The predicted molar refractivity (Wildman–Crippen MR) is 84.5 cm³/mol. The van der Waals surface area contributed by atoms with Crippen molar-refractivity contribution in [2.45, 2.75) is 32.0 Å². The van der Waals surface area contributed by atoms with Gasteiger partial charge in [0.2, 0.25) is 5.91 Å². The Kier molecular flexibility index (Phi) is 4.42. The summed E-state index contributed by atoms with van der Waals surface area (Å²) in [6, 6.07) is 0.527. The summed E-state index contributed by atoms with van der Waals surface area (Å²) in [5, 5.41) is 4.24. The van der Waals surface area contributed by atoms with E-state index in [1.165, 1.54) is 0 Å². The van der Waals surface area contributed by atoms with Crippen LogP contribution in [-0.2, 0) is 31.4 Å². The highest BCUT2D eigenvalue weighted by Gasteiger charge is 2.29. The average Bonchev–Trinajstić information content (AvgIpc) is 3.05. The van der Waals surface area contributed by atoms with Gasteiger partial charge in [-0.3, -0.25) is 9.48 Å². The SMILES string of the molecule is Cn1nc2c(c1N)CN(C(=O)C[C@H](N)Cc1cc(F)c(F)cc1F)C2. The molecule has 0 aliphatic carbocycles. The van der Waals surface area contributed by atoms with Gasteiger partial charge in [0, 0.05) is 31.1 Å². The first-order chi connectivity index (χ1) is 11.8. The number of carbonyl (C=O) groups excluding carboxylic acids is 1. The molecule has 1 atom stereocenters. The Bertz CT molecular complexity index is 836. The Hall–Kier alpha value is -2.55. The summed E-state index contributed by atoms with van der Waals surface area (Å²) >= 11 is 0. The lowest BCUT2D eigenvalue weighted by molar-refractivity contribution is -0.132. The molecule has 2 aromatic rings. The van der Waals surface area contributed by atoms with Crippen molar-refractivity contribution < 1.29 is 18.0 Å². The van der Waals surface area contributed by atoms with E-state index < -0.39 is 23.5 Å². The van der Waals surface area contributed by atoms with Crippen molar-refractivity contribution in [1.82, 2.24) is 14.7 Å². The third-order valence-electron chi connectivity index (χ3n) is 4.33. The molecule has 4 N–H and O–H groups in total. The van der Waals surface area contributed by atoms with Gasteiger partial charge in [-0.2, -0.15) is 5.10 Å². The Morgan fingerprint density at radius 1 is 1.24 bits per heavy atom. The van der Waals surface area contributed by atoms with Crippen molar-refractivity contribution in [1.29, 1.82) is 0 Å². The van der Waals surface area contributed by atoms with E-state index in [1.807, 2.05) is 0 Å². The van der Waals surface area contributed by atoms with Crippen LogP contribution < -0.4 is 11.5 Å². The minimum Gasteiger partial charge on any atom is -0.384 e. The number of nitrogens with zero attached hydrogens (tertiary/aromatic N) is 3. The summed E-state index contributed by atoms with van der Waals surface area (Å²) in [4.78, 5) is 13.9. The number of anilines is 1. The number of carbonyl (C=O) groups is 1. The van der Waals surface area contributed by atoms with Crippen LogP contribution >= 0.6 is 0 Å². The molecule has 1 aliphatic heterocycles. The Morgan fingerprint density at radius 3 is 2.60 bits per heavy atom. The maximum absolute atomic E-state index is 13.7. The molecule has 1 aromatic heterocycles. The molecule has 1 aromatic carbocycles. The van der Waals surface area contributed by atoms with Gasteiger partial charge in [-0.25, -0.2) is 13.2 Å². The van der Waals surface area contributed by atoms with Crippen LogP contribution in [0.5, 0.6) is 0 Å². The summed E-state index contributed by atoms with van der Waals surface area (Å²) in [5.41, 5.74) is 13.3. The standard InChI is InChI=1S/C16H18F3N5O/c1-23-16(21)10-6-24(7-14(10)22-23)15(25)4-9(20)2-8-3-12(18)13(19)5-11(8)17/h3,5,9H,2,4,6-7,20-21H2,1H3/t9-/m1/s1. The van der Waals surface area contributed by atoms with Crippen molar-refractivity contribution in [2.75, 3.05) is 5.73 Å². The van der Waals surface area contributed by atoms with Gasteiger partial charge in [0.1, 0.15) is 11.6 Å². The molecule has 3 rings (SSSR count). The number of aromatic nitrogens is 2. The Morgan fingerprint density at radius 2 is 1.92 bits per heavy atom. The largest absolute Gasteiger partial charge is 0.384 e. The van der Waals surface area contributed by atoms with Crippen LogP contribution in [0.2, 0.25) is 0 Å². The normalized spacial score (nSPS) is 14.7. The fourth-order valence-electron chi connectivity index (χ4n) is 2.97. The number of nitrogen functional groups attached to an aromatic ring is 1. The number of aryl methyl sites for hydroxylation is 1. The number of amides is 1. The molecule has 0 saturated heterocycles. The second kappa shape index (κ2) is 6.40. The van der Waals surface area contributed by atoms with E-state index in [0.717, 1.165) is 17.3 Å². The lowest BCUT2D eigenvalue weighted by Gasteiger charge is -2.19. The van der Waals surface area contributed by atoms with E-state index in [4.69, 9.17) is 11.5 Å². The van der Waals surface area contributed by atoms with Crippen LogP contribution in [0.4, 0.5) is 19.0 Å². The molecule has 0 saturated carbocycles. The van der Waals surface area contributed by atoms with E-state index in [1.54, 1.807) is 16.6 Å². The zero-order chi connectivity index (χ0) is 18.3. The van der Waals surface area contributed by atoms with Gasteiger partial charge in [-0.05, 0) is 18.1 Å². The van der Waals surface area contributed by atoms with Crippen LogP contribution in [0.25, 0.3) is 0 Å².